The highest BCUT2D eigenvalue weighted by atomic mass is 16.7. The van der Waals surface area contributed by atoms with Crippen molar-refractivity contribution < 1.29 is 28.9 Å². The molecule has 1 unspecified atom stereocenters. The van der Waals surface area contributed by atoms with Crippen LogP contribution < -0.4 is 0 Å². The minimum absolute atomic E-state index is 0.102. The van der Waals surface area contributed by atoms with Crippen LogP contribution in [0.25, 0.3) is 0 Å². The summed E-state index contributed by atoms with van der Waals surface area (Å²) in [5, 5.41) is 8.92. The van der Waals surface area contributed by atoms with Gasteiger partial charge in [0.25, 0.3) is 0 Å². The van der Waals surface area contributed by atoms with E-state index in [-0.39, 0.29) is 6.61 Å². The minimum atomic E-state index is -1.28. The molecule has 0 aromatic carbocycles. The molecule has 0 radical (unpaired) electrons. The number of unbranched alkanes of at least 4 members (excludes halogenated alkanes) is 9. The first kappa shape index (κ1) is 29.5. The summed E-state index contributed by atoms with van der Waals surface area (Å²) < 4.78 is 15.1. The largest absolute Gasteiger partial charge is 0.508 e. The summed E-state index contributed by atoms with van der Waals surface area (Å²) >= 11 is 0. The average molecular weight is 446 g/mol. The summed E-state index contributed by atoms with van der Waals surface area (Å²) in [5.41, 5.74) is 0. The summed E-state index contributed by atoms with van der Waals surface area (Å²) in [5.74, 6) is 0. The van der Waals surface area contributed by atoms with Gasteiger partial charge in [0.1, 0.15) is 6.10 Å². The van der Waals surface area contributed by atoms with E-state index in [4.69, 9.17) is 19.3 Å². The number of carbonyl (C=O) groups excluding carboxylic acids is 1. The Morgan fingerprint density at radius 2 is 1.29 bits per heavy atom. The number of hydrogen-bond donors (Lipinski definition) is 1. The van der Waals surface area contributed by atoms with E-state index >= 15 is 0 Å². The average Bonchev–Trinajstić information content (AvgIpc) is 2.74. The van der Waals surface area contributed by atoms with Gasteiger partial charge in [0.15, 0.2) is 0 Å². The van der Waals surface area contributed by atoms with Gasteiger partial charge >= 0.3 is 12.3 Å². The van der Waals surface area contributed by atoms with E-state index in [9.17, 15) is 9.59 Å². The first-order chi connectivity index (χ1) is 15.0. The lowest BCUT2D eigenvalue weighted by Crippen LogP contribution is -2.25. The molecule has 0 heterocycles. The number of hydrogen-bond acceptors (Lipinski definition) is 6. The molecule has 0 saturated heterocycles. The number of carbonyl (C=O) groups is 2. The third-order valence-electron chi connectivity index (χ3n) is 5.54. The Hall–Kier alpha value is -1.50. The van der Waals surface area contributed by atoms with Crippen LogP contribution in [0.5, 0.6) is 0 Å². The maximum atomic E-state index is 11.7. The van der Waals surface area contributed by atoms with Gasteiger partial charge in [-0.3, -0.25) is 0 Å². The third kappa shape index (κ3) is 20.2. The maximum absolute atomic E-state index is 11.7. The number of rotatable bonds is 21. The van der Waals surface area contributed by atoms with Gasteiger partial charge < -0.3 is 24.2 Å². The summed E-state index contributed by atoms with van der Waals surface area (Å²) in [6.45, 7) is 9.69. The van der Waals surface area contributed by atoms with Crippen molar-refractivity contribution in [2.75, 3.05) is 32.8 Å². The van der Waals surface area contributed by atoms with Gasteiger partial charge in [0.05, 0.1) is 13.2 Å². The zero-order valence-electron chi connectivity index (χ0n) is 20.2. The maximum Gasteiger partial charge on any atom is 0.508 e. The lowest BCUT2D eigenvalue weighted by Gasteiger charge is -2.17. The molecule has 0 fully saturated rings. The molecular weight excluding hydrogens is 398 g/mol. The number of nitrogens with zero attached hydrogens (tertiary/aromatic N) is 1. The summed E-state index contributed by atoms with van der Waals surface area (Å²) in [6.07, 6.45) is 11.6. The summed E-state index contributed by atoms with van der Waals surface area (Å²) in [7, 11) is 0. The molecular formula is C24H47NO6. The van der Waals surface area contributed by atoms with Crippen molar-refractivity contribution in [3.8, 4) is 0 Å². The predicted octanol–water partition coefficient (Wildman–Crippen LogP) is 6.64. The fraction of sp³-hybridized carbons (Fsp3) is 0.917. The summed E-state index contributed by atoms with van der Waals surface area (Å²) in [4.78, 5) is 24.8. The molecule has 0 aliphatic heterocycles. The van der Waals surface area contributed by atoms with Crippen LogP contribution in [0.2, 0.25) is 0 Å². The summed E-state index contributed by atoms with van der Waals surface area (Å²) in [6, 6.07) is 0. The molecule has 0 spiro atoms. The van der Waals surface area contributed by atoms with Crippen molar-refractivity contribution in [2.24, 2.45) is 0 Å². The lowest BCUT2D eigenvalue weighted by molar-refractivity contribution is 0.0194. The molecule has 184 valence electrons. The molecule has 0 aromatic heterocycles. The molecule has 0 rings (SSSR count). The van der Waals surface area contributed by atoms with Crippen LogP contribution in [0.4, 0.5) is 9.59 Å². The minimum Gasteiger partial charge on any atom is -0.450 e. The third-order valence-corrected chi connectivity index (χ3v) is 5.54. The zero-order chi connectivity index (χ0) is 23.2. The molecule has 0 aliphatic carbocycles. The van der Waals surface area contributed by atoms with Crippen LogP contribution in [0, 0.1) is 0 Å². The highest BCUT2D eigenvalue weighted by molar-refractivity contribution is 5.59. The second kappa shape index (κ2) is 21.7. The second-order valence-corrected chi connectivity index (χ2v) is 8.09. The molecule has 0 amide bonds. The van der Waals surface area contributed by atoms with E-state index in [0.717, 1.165) is 38.9 Å². The van der Waals surface area contributed by atoms with Crippen LogP contribution in [0.1, 0.15) is 104 Å². The van der Waals surface area contributed by atoms with Crippen molar-refractivity contribution in [1.29, 1.82) is 0 Å². The topological polar surface area (TPSA) is 85.3 Å². The number of carboxylic acid groups (broad SMARTS) is 1. The van der Waals surface area contributed by atoms with E-state index in [1.54, 1.807) is 0 Å². The Labute approximate surface area is 189 Å². The van der Waals surface area contributed by atoms with Crippen LogP contribution in [-0.2, 0) is 14.2 Å². The van der Waals surface area contributed by atoms with Crippen LogP contribution in [0.3, 0.4) is 0 Å². The van der Waals surface area contributed by atoms with Crippen molar-refractivity contribution in [3.63, 3.8) is 0 Å². The van der Waals surface area contributed by atoms with Gasteiger partial charge in [0, 0.05) is 13.0 Å². The molecule has 0 aliphatic rings. The van der Waals surface area contributed by atoms with Gasteiger partial charge in [-0.2, -0.15) is 0 Å². The van der Waals surface area contributed by atoms with Gasteiger partial charge in [-0.15, -0.1) is 0 Å². The Morgan fingerprint density at radius 1 is 0.742 bits per heavy atom. The van der Waals surface area contributed by atoms with Gasteiger partial charge in [0.2, 0.25) is 0 Å². The quantitative estimate of drug-likeness (QED) is 0.157. The molecule has 0 aromatic rings. The highest BCUT2D eigenvalue weighted by Gasteiger charge is 2.15. The molecule has 0 bridgehead atoms. The normalized spacial score (nSPS) is 12.0. The lowest BCUT2D eigenvalue weighted by atomic mass is 10.0. The molecule has 7 heteroatoms. The van der Waals surface area contributed by atoms with Crippen molar-refractivity contribution in [1.82, 2.24) is 4.90 Å². The fourth-order valence-electron chi connectivity index (χ4n) is 3.56. The Balaban J connectivity index is 3.80. The van der Waals surface area contributed by atoms with E-state index in [1.807, 2.05) is 0 Å². The second-order valence-electron chi connectivity index (χ2n) is 8.09. The van der Waals surface area contributed by atoms with Gasteiger partial charge in [-0.25, -0.2) is 9.59 Å². The zero-order valence-corrected chi connectivity index (χ0v) is 20.2. The first-order valence-corrected chi connectivity index (χ1v) is 12.4. The standard InChI is InChI=1S/C24H47NO6/c1-4-7-8-9-10-11-12-13-14-15-17-22(31-23(26)27)18-21-30-24(28)29-20-16-19-25(5-2)6-3/h22H,4-21H2,1-3H3,(H,26,27). The van der Waals surface area contributed by atoms with Gasteiger partial charge in [-0.1, -0.05) is 78.6 Å². The van der Waals surface area contributed by atoms with E-state index < -0.39 is 18.4 Å². The molecule has 1 N–H and O–H groups in total. The Kier molecular flexibility index (Phi) is 20.7. The van der Waals surface area contributed by atoms with Crippen molar-refractivity contribution in [2.45, 2.75) is 110 Å². The fourth-order valence-corrected chi connectivity index (χ4v) is 3.56. The van der Waals surface area contributed by atoms with Crippen LogP contribution in [0.15, 0.2) is 0 Å². The Morgan fingerprint density at radius 3 is 1.84 bits per heavy atom. The smallest absolute Gasteiger partial charge is 0.450 e. The van der Waals surface area contributed by atoms with Crippen molar-refractivity contribution >= 4 is 12.3 Å². The first-order valence-electron chi connectivity index (χ1n) is 12.4. The Bertz CT molecular complexity index is 428. The number of ether oxygens (including phenoxy) is 3. The van der Waals surface area contributed by atoms with E-state index in [0.29, 0.717) is 19.4 Å². The monoisotopic (exact) mass is 445 g/mol. The molecule has 31 heavy (non-hydrogen) atoms. The molecule has 1 atom stereocenters. The van der Waals surface area contributed by atoms with Crippen LogP contribution >= 0.6 is 0 Å². The van der Waals surface area contributed by atoms with Gasteiger partial charge in [-0.05, 0) is 32.4 Å². The molecule has 7 nitrogen and oxygen atoms in total. The van der Waals surface area contributed by atoms with Crippen molar-refractivity contribution in [3.05, 3.63) is 0 Å². The van der Waals surface area contributed by atoms with Crippen LogP contribution in [-0.4, -0.2) is 61.3 Å². The highest BCUT2D eigenvalue weighted by Crippen LogP contribution is 2.14. The SMILES string of the molecule is CCCCCCCCCCCCC(CCOC(=O)OCCCN(CC)CC)OC(=O)O. The predicted molar refractivity (Wildman–Crippen MR) is 124 cm³/mol. The van der Waals surface area contributed by atoms with E-state index in [1.165, 1.54) is 51.4 Å². The van der Waals surface area contributed by atoms with E-state index in [2.05, 4.69) is 25.7 Å². The molecule has 0 saturated carbocycles.